The maximum atomic E-state index is 5.89. The molecule has 3 atom stereocenters. The zero-order valence-corrected chi connectivity index (χ0v) is 14.0. The molecule has 2 aromatic rings. The fraction of sp³-hybridized carbons (Fsp3) is 0.444. The summed E-state index contributed by atoms with van der Waals surface area (Å²) in [7, 11) is 0. The summed E-state index contributed by atoms with van der Waals surface area (Å²) in [6, 6.07) is 13.4. The van der Waals surface area contributed by atoms with Crippen LogP contribution in [0, 0.1) is 11.3 Å². The van der Waals surface area contributed by atoms with Gasteiger partial charge in [0.2, 0.25) is 0 Å². The number of hydrogen-bond acceptors (Lipinski definition) is 2. The maximum absolute atomic E-state index is 5.89. The Kier molecular flexibility index (Phi) is 3.05. The van der Waals surface area contributed by atoms with Crippen LogP contribution in [-0.2, 0) is 4.74 Å². The number of halogens is 1. The molecule has 0 amide bonds. The molecule has 1 saturated heterocycles. The zero-order chi connectivity index (χ0) is 14.6. The predicted molar refractivity (Wildman–Crippen MR) is 90.7 cm³/mol. The van der Waals surface area contributed by atoms with Gasteiger partial charge in [0.1, 0.15) is 0 Å². The second kappa shape index (κ2) is 4.72. The first kappa shape index (κ1) is 13.6. The Labute approximate surface area is 134 Å². The zero-order valence-electron chi connectivity index (χ0n) is 12.4. The number of rotatable bonds is 2. The lowest BCUT2D eigenvalue weighted by Crippen LogP contribution is -2.63. The van der Waals surface area contributed by atoms with Crippen LogP contribution in [0.25, 0.3) is 10.8 Å². The molecule has 21 heavy (non-hydrogen) atoms. The lowest BCUT2D eigenvalue weighted by molar-refractivity contribution is -0.0922. The minimum atomic E-state index is 0.204. The van der Waals surface area contributed by atoms with E-state index in [1.54, 1.807) is 0 Å². The summed E-state index contributed by atoms with van der Waals surface area (Å²) in [6.45, 7) is 5.55. The molecule has 1 aliphatic carbocycles. The Morgan fingerprint density at radius 2 is 1.90 bits per heavy atom. The third kappa shape index (κ3) is 1.94. The molecule has 2 aromatic carbocycles. The van der Waals surface area contributed by atoms with E-state index in [1.165, 1.54) is 22.9 Å². The number of hydrogen-bond donors (Lipinski definition) is 1. The topological polar surface area (TPSA) is 21.3 Å². The molecule has 4 rings (SSSR count). The lowest BCUT2D eigenvalue weighted by atomic mass is 9.57. The van der Waals surface area contributed by atoms with Gasteiger partial charge in [0.15, 0.2) is 0 Å². The average Bonchev–Trinajstić information content (AvgIpc) is 2.94. The van der Waals surface area contributed by atoms with Crippen molar-refractivity contribution in [1.82, 2.24) is 0 Å². The van der Waals surface area contributed by atoms with E-state index in [-0.39, 0.29) is 5.41 Å². The number of fused-ring (bicyclic) bond motifs is 2. The van der Waals surface area contributed by atoms with Gasteiger partial charge in [0.05, 0.1) is 6.10 Å². The number of ether oxygens (including phenoxy) is 1. The van der Waals surface area contributed by atoms with Crippen molar-refractivity contribution in [3.05, 3.63) is 40.9 Å². The maximum Gasteiger partial charge on any atom is 0.0694 e. The molecule has 110 valence electrons. The molecule has 3 heteroatoms. The van der Waals surface area contributed by atoms with Gasteiger partial charge >= 0.3 is 0 Å². The quantitative estimate of drug-likeness (QED) is 0.841. The van der Waals surface area contributed by atoms with Gasteiger partial charge in [-0.3, -0.25) is 0 Å². The summed E-state index contributed by atoms with van der Waals surface area (Å²) in [6.07, 6.45) is 1.61. The second-order valence-electron chi connectivity index (χ2n) is 6.83. The van der Waals surface area contributed by atoms with E-state index in [4.69, 9.17) is 4.74 Å². The first-order valence-electron chi connectivity index (χ1n) is 7.64. The molecule has 1 aliphatic heterocycles. The van der Waals surface area contributed by atoms with Gasteiger partial charge in [0.25, 0.3) is 0 Å². The Bertz CT molecular complexity index is 697. The highest BCUT2D eigenvalue weighted by Gasteiger charge is 2.59. The summed E-state index contributed by atoms with van der Waals surface area (Å²) in [4.78, 5) is 0. The molecule has 0 radical (unpaired) electrons. The van der Waals surface area contributed by atoms with Crippen LogP contribution in [0.3, 0.4) is 0 Å². The van der Waals surface area contributed by atoms with Crippen molar-refractivity contribution >= 4 is 32.4 Å². The number of anilines is 1. The Balaban J connectivity index is 1.71. The molecule has 0 aromatic heterocycles. The SMILES string of the molecule is CC1(C)C(Nc2ccc(Br)c3ccccc23)C2CCOC21. The summed E-state index contributed by atoms with van der Waals surface area (Å²) < 4.78 is 7.05. The Morgan fingerprint density at radius 3 is 2.71 bits per heavy atom. The van der Waals surface area contributed by atoms with Crippen LogP contribution in [0.2, 0.25) is 0 Å². The fourth-order valence-corrected chi connectivity index (χ4v) is 4.65. The molecule has 0 spiro atoms. The van der Waals surface area contributed by atoms with Crippen LogP contribution in [0.4, 0.5) is 5.69 Å². The van der Waals surface area contributed by atoms with Crippen molar-refractivity contribution in [1.29, 1.82) is 0 Å². The van der Waals surface area contributed by atoms with Crippen molar-refractivity contribution in [2.24, 2.45) is 11.3 Å². The van der Waals surface area contributed by atoms with Crippen LogP contribution >= 0.6 is 15.9 Å². The lowest BCUT2D eigenvalue weighted by Gasteiger charge is -2.55. The van der Waals surface area contributed by atoms with Crippen molar-refractivity contribution in [2.45, 2.75) is 32.4 Å². The van der Waals surface area contributed by atoms with Crippen LogP contribution in [-0.4, -0.2) is 18.8 Å². The highest BCUT2D eigenvalue weighted by Crippen LogP contribution is 2.53. The summed E-state index contributed by atoms with van der Waals surface area (Å²) in [5.74, 6) is 0.655. The molecular weight excluding hydrogens is 326 g/mol. The molecule has 0 bridgehead atoms. The normalized spacial score (nSPS) is 30.0. The van der Waals surface area contributed by atoms with Gasteiger partial charge < -0.3 is 10.1 Å². The third-order valence-electron chi connectivity index (χ3n) is 5.28. The van der Waals surface area contributed by atoms with E-state index in [1.807, 2.05) is 0 Å². The van der Waals surface area contributed by atoms with Crippen LogP contribution in [0.1, 0.15) is 20.3 Å². The minimum absolute atomic E-state index is 0.204. The average molecular weight is 346 g/mol. The Hall–Kier alpha value is -1.06. The van der Waals surface area contributed by atoms with E-state index in [2.05, 4.69) is 71.5 Å². The highest BCUT2D eigenvalue weighted by molar-refractivity contribution is 9.10. The molecule has 3 unspecified atom stereocenters. The van der Waals surface area contributed by atoms with Crippen LogP contribution in [0.5, 0.6) is 0 Å². The first-order chi connectivity index (χ1) is 10.1. The first-order valence-corrected chi connectivity index (χ1v) is 8.44. The molecule has 1 saturated carbocycles. The van der Waals surface area contributed by atoms with Gasteiger partial charge in [-0.2, -0.15) is 0 Å². The van der Waals surface area contributed by atoms with Crippen LogP contribution in [0.15, 0.2) is 40.9 Å². The van der Waals surface area contributed by atoms with E-state index < -0.39 is 0 Å². The number of nitrogens with one attached hydrogen (secondary N) is 1. The monoisotopic (exact) mass is 345 g/mol. The highest BCUT2D eigenvalue weighted by atomic mass is 79.9. The minimum Gasteiger partial charge on any atom is -0.381 e. The van der Waals surface area contributed by atoms with Gasteiger partial charge in [-0.1, -0.05) is 54.0 Å². The van der Waals surface area contributed by atoms with E-state index in [0.717, 1.165) is 11.1 Å². The molecule has 1 heterocycles. The van der Waals surface area contributed by atoms with Gasteiger partial charge in [-0.15, -0.1) is 0 Å². The number of benzene rings is 2. The molecule has 1 N–H and O–H groups in total. The van der Waals surface area contributed by atoms with Gasteiger partial charge in [0, 0.05) is 39.5 Å². The molecule has 2 fully saturated rings. The summed E-state index contributed by atoms with van der Waals surface area (Å²) in [5.41, 5.74) is 1.44. The molecule has 2 aliphatic rings. The smallest absolute Gasteiger partial charge is 0.0694 e. The standard InChI is InChI=1S/C18H20BrNO/c1-18(2)16(13-9-10-21-17(13)18)20-15-8-7-14(19)11-5-3-4-6-12(11)15/h3-8,13,16-17,20H,9-10H2,1-2H3. The second-order valence-corrected chi connectivity index (χ2v) is 7.68. The van der Waals surface area contributed by atoms with Crippen molar-refractivity contribution in [3.63, 3.8) is 0 Å². The van der Waals surface area contributed by atoms with Crippen molar-refractivity contribution in [2.75, 3.05) is 11.9 Å². The van der Waals surface area contributed by atoms with Gasteiger partial charge in [-0.05, 0) is 23.9 Å². The van der Waals surface area contributed by atoms with Crippen molar-refractivity contribution < 1.29 is 4.74 Å². The van der Waals surface area contributed by atoms with E-state index in [9.17, 15) is 0 Å². The fourth-order valence-electron chi connectivity index (χ4n) is 4.17. The molecule has 2 nitrogen and oxygen atoms in total. The van der Waals surface area contributed by atoms with E-state index in [0.29, 0.717) is 18.1 Å². The summed E-state index contributed by atoms with van der Waals surface area (Å²) >= 11 is 3.65. The van der Waals surface area contributed by atoms with Crippen LogP contribution < -0.4 is 5.32 Å². The molecular formula is C18H20BrNO. The van der Waals surface area contributed by atoms with Crippen molar-refractivity contribution in [3.8, 4) is 0 Å². The Morgan fingerprint density at radius 1 is 1.14 bits per heavy atom. The largest absolute Gasteiger partial charge is 0.381 e. The predicted octanol–water partition coefficient (Wildman–Crippen LogP) is 4.83. The van der Waals surface area contributed by atoms with Gasteiger partial charge in [-0.25, -0.2) is 0 Å². The summed E-state index contributed by atoms with van der Waals surface area (Å²) in [5, 5.41) is 6.35. The third-order valence-corrected chi connectivity index (χ3v) is 5.97. The van der Waals surface area contributed by atoms with E-state index >= 15 is 0 Å².